The molecule has 0 aliphatic heterocycles. The lowest BCUT2D eigenvalue weighted by atomic mass is 10.1. The minimum atomic E-state index is -0.0834. The van der Waals surface area contributed by atoms with E-state index >= 15 is 0 Å². The highest BCUT2D eigenvalue weighted by Crippen LogP contribution is 2.32. The number of hydrogen-bond donors (Lipinski definition) is 0. The zero-order valence-electron chi connectivity index (χ0n) is 14.2. The van der Waals surface area contributed by atoms with Gasteiger partial charge in [-0.25, -0.2) is 9.38 Å². The van der Waals surface area contributed by atoms with E-state index in [0.717, 1.165) is 22.5 Å². The second kappa shape index (κ2) is 6.37. The van der Waals surface area contributed by atoms with E-state index in [9.17, 15) is 4.79 Å². The molecule has 130 valence electrons. The first-order chi connectivity index (χ1) is 13.3. The number of hydrogen-bond acceptors (Lipinski definition) is 4. The van der Waals surface area contributed by atoms with E-state index in [2.05, 4.69) is 0 Å². The molecule has 0 fully saturated rings. The van der Waals surface area contributed by atoms with Crippen LogP contribution in [0, 0.1) is 0 Å². The Morgan fingerprint density at radius 1 is 0.889 bits per heavy atom. The van der Waals surface area contributed by atoms with Gasteiger partial charge in [0.25, 0.3) is 5.56 Å². The molecule has 2 aromatic carbocycles. The Labute approximate surface area is 158 Å². The van der Waals surface area contributed by atoms with Gasteiger partial charge in [-0.05, 0) is 12.1 Å². The van der Waals surface area contributed by atoms with Crippen molar-refractivity contribution in [2.24, 2.45) is 0 Å². The molecular weight excluding hydrogens is 356 g/mol. The number of furan rings is 1. The zero-order chi connectivity index (χ0) is 18.2. The summed E-state index contributed by atoms with van der Waals surface area (Å²) in [5.74, 6) is 0.654. The standard InChI is InChI=1S/C22H14N2O2S/c25-21-18(14-17-12-7-13-26-17)27-22-23-19(15-8-3-1-4-9-15)20(24(21)22)16-10-5-2-6-11-16/h1-14H. The maximum Gasteiger partial charge on any atom is 0.275 e. The minimum Gasteiger partial charge on any atom is -0.465 e. The molecule has 3 heterocycles. The van der Waals surface area contributed by atoms with Gasteiger partial charge in [-0.1, -0.05) is 72.0 Å². The average Bonchev–Trinajstić information content (AvgIpc) is 3.42. The molecule has 0 N–H and O–H groups in total. The van der Waals surface area contributed by atoms with Crippen LogP contribution in [0.5, 0.6) is 0 Å². The number of fused-ring (bicyclic) bond motifs is 1. The van der Waals surface area contributed by atoms with Crippen molar-refractivity contribution in [2.75, 3.05) is 0 Å². The van der Waals surface area contributed by atoms with Crippen molar-refractivity contribution >= 4 is 22.4 Å². The summed E-state index contributed by atoms with van der Waals surface area (Å²) < 4.78 is 7.66. The third kappa shape index (κ3) is 2.69. The van der Waals surface area contributed by atoms with E-state index in [-0.39, 0.29) is 5.56 Å². The van der Waals surface area contributed by atoms with Crippen LogP contribution in [-0.2, 0) is 0 Å². The Balaban J connectivity index is 1.84. The lowest BCUT2D eigenvalue weighted by molar-refractivity contribution is 0.556. The molecule has 0 radical (unpaired) electrons. The molecule has 5 rings (SSSR count). The lowest BCUT2D eigenvalue weighted by Gasteiger charge is -2.04. The summed E-state index contributed by atoms with van der Waals surface area (Å²) in [5, 5.41) is 0. The summed E-state index contributed by atoms with van der Waals surface area (Å²) in [7, 11) is 0. The third-order valence-electron chi connectivity index (χ3n) is 4.37. The van der Waals surface area contributed by atoms with Gasteiger partial charge in [0, 0.05) is 17.2 Å². The SMILES string of the molecule is O=c1c(=Cc2ccco2)sc2nc(-c3ccccc3)c(-c3ccccc3)n12. The molecule has 0 saturated carbocycles. The normalized spacial score (nSPS) is 12.1. The Hall–Kier alpha value is -3.44. The molecular formula is C22H14N2O2S. The summed E-state index contributed by atoms with van der Waals surface area (Å²) in [6.45, 7) is 0. The van der Waals surface area contributed by atoms with Crippen LogP contribution in [0.2, 0.25) is 0 Å². The first-order valence-electron chi connectivity index (χ1n) is 8.52. The highest BCUT2D eigenvalue weighted by Gasteiger charge is 2.19. The van der Waals surface area contributed by atoms with E-state index in [1.54, 1.807) is 22.8 Å². The van der Waals surface area contributed by atoms with Gasteiger partial charge < -0.3 is 4.42 Å². The largest absolute Gasteiger partial charge is 0.465 e. The van der Waals surface area contributed by atoms with Gasteiger partial charge in [-0.2, -0.15) is 0 Å². The monoisotopic (exact) mass is 370 g/mol. The van der Waals surface area contributed by atoms with Gasteiger partial charge in [0.1, 0.15) is 10.3 Å². The van der Waals surface area contributed by atoms with E-state index in [0.29, 0.717) is 15.3 Å². The van der Waals surface area contributed by atoms with Crippen molar-refractivity contribution in [3.63, 3.8) is 0 Å². The number of benzene rings is 2. The molecule has 0 spiro atoms. The van der Waals surface area contributed by atoms with Crippen LogP contribution in [0.4, 0.5) is 0 Å². The zero-order valence-corrected chi connectivity index (χ0v) is 15.0. The highest BCUT2D eigenvalue weighted by atomic mass is 32.1. The minimum absolute atomic E-state index is 0.0834. The van der Waals surface area contributed by atoms with Crippen LogP contribution in [0.3, 0.4) is 0 Å². The topological polar surface area (TPSA) is 47.5 Å². The van der Waals surface area contributed by atoms with Crippen LogP contribution < -0.4 is 10.1 Å². The van der Waals surface area contributed by atoms with Crippen LogP contribution in [-0.4, -0.2) is 9.38 Å². The molecule has 0 bridgehead atoms. The quantitative estimate of drug-likeness (QED) is 0.477. The molecule has 0 saturated heterocycles. The molecule has 0 aliphatic carbocycles. The first-order valence-corrected chi connectivity index (χ1v) is 9.34. The highest BCUT2D eigenvalue weighted by molar-refractivity contribution is 7.15. The van der Waals surface area contributed by atoms with Gasteiger partial charge in [-0.15, -0.1) is 0 Å². The summed E-state index contributed by atoms with van der Waals surface area (Å²) in [6, 6.07) is 23.5. The van der Waals surface area contributed by atoms with Crippen LogP contribution in [0.1, 0.15) is 5.76 Å². The number of rotatable bonds is 3. The van der Waals surface area contributed by atoms with Crippen molar-refractivity contribution in [1.29, 1.82) is 0 Å². The molecule has 5 heteroatoms. The molecule has 4 nitrogen and oxygen atoms in total. The number of aromatic nitrogens is 2. The molecule has 0 atom stereocenters. The molecule has 27 heavy (non-hydrogen) atoms. The van der Waals surface area contributed by atoms with Crippen molar-refractivity contribution in [1.82, 2.24) is 9.38 Å². The summed E-state index contributed by atoms with van der Waals surface area (Å²) >= 11 is 1.37. The van der Waals surface area contributed by atoms with Crippen LogP contribution in [0.15, 0.2) is 88.3 Å². The van der Waals surface area contributed by atoms with Crippen LogP contribution >= 0.6 is 11.3 Å². The number of nitrogens with zero attached hydrogens (tertiary/aromatic N) is 2. The predicted octanol–water partition coefficient (Wildman–Crippen LogP) is 4.23. The van der Waals surface area contributed by atoms with E-state index in [1.807, 2.05) is 66.7 Å². The van der Waals surface area contributed by atoms with Crippen molar-refractivity contribution in [2.45, 2.75) is 0 Å². The fourth-order valence-electron chi connectivity index (χ4n) is 3.16. The average molecular weight is 370 g/mol. The van der Waals surface area contributed by atoms with E-state index in [1.165, 1.54) is 11.3 Å². The van der Waals surface area contributed by atoms with E-state index in [4.69, 9.17) is 9.40 Å². The molecule has 0 aliphatic rings. The summed E-state index contributed by atoms with van der Waals surface area (Å²) in [5.41, 5.74) is 3.50. The Morgan fingerprint density at radius 3 is 2.26 bits per heavy atom. The number of imidazole rings is 1. The van der Waals surface area contributed by atoms with Gasteiger partial charge >= 0.3 is 0 Å². The van der Waals surface area contributed by atoms with Gasteiger partial charge in [0.2, 0.25) is 0 Å². The smallest absolute Gasteiger partial charge is 0.275 e. The maximum atomic E-state index is 13.2. The van der Waals surface area contributed by atoms with Crippen molar-refractivity contribution in [3.05, 3.63) is 99.7 Å². The lowest BCUT2D eigenvalue weighted by Crippen LogP contribution is -2.23. The second-order valence-corrected chi connectivity index (χ2v) is 7.10. The number of thiazole rings is 1. The maximum absolute atomic E-state index is 13.2. The fourth-order valence-corrected chi connectivity index (χ4v) is 4.11. The van der Waals surface area contributed by atoms with Crippen molar-refractivity contribution in [3.8, 4) is 22.5 Å². The molecule has 0 unspecified atom stereocenters. The first kappa shape index (κ1) is 15.8. The van der Waals surface area contributed by atoms with E-state index < -0.39 is 0 Å². The van der Waals surface area contributed by atoms with Gasteiger partial charge in [0.05, 0.1) is 17.7 Å². The molecule has 5 aromatic rings. The van der Waals surface area contributed by atoms with Crippen molar-refractivity contribution < 1.29 is 4.42 Å². The third-order valence-corrected chi connectivity index (χ3v) is 5.34. The van der Waals surface area contributed by atoms with Gasteiger partial charge in [0.15, 0.2) is 4.96 Å². The predicted molar refractivity (Wildman–Crippen MR) is 108 cm³/mol. The Morgan fingerprint density at radius 2 is 1.59 bits per heavy atom. The second-order valence-electron chi connectivity index (χ2n) is 6.09. The summed E-state index contributed by atoms with van der Waals surface area (Å²) in [6.07, 6.45) is 3.36. The Kier molecular flexibility index (Phi) is 3.73. The van der Waals surface area contributed by atoms with Crippen LogP contribution in [0.25, 0.3) is 33.6 Å². The molecule has 3 aromatic heterocycles. The molecule has 0 amide bonds. The summed E-state index contributed by atoms with van der Waals surface area (Å²) in [4.78, 5) is 18.6. The fraction of sp³-hybridized carbons (Fsp3) is 0. The van der Waals surface area contributed by atoms with Gasteiger partial charge in [-0.3, -0.25) is 4.79 Å². The Bertz CT molecular complexity index is 1320.